The number of anilines is 1. The molecule has 0 saturated carbocycles. The molecule has 0 spiro atoms. The van der Waals surface area contributed by atoms with E-state index in [9.17, 15) is 0 Å². The van der Waals surface area contributed by atoms with E-state index in [0.29, 0.717) is 11.0 Å². The summed E-state index contributed by atoms with van der Waals surface area (Å²) in [7, 11) is 4.11. The quantitative estimate of drug-likeness (QED) is 0.922. The summed E-state index contributed by atoms with van der Waals surface area (Å²) in [5.41, 5.74) is 0.819. The number of hydrogen-bond donors (Lipinski definition) is 1. The van der Waals surface area contributed by atoms with Gasteiger partial charge in [-0.05, 0) is 40.1 Å². The lowest BCUT2D eigenvalue weighted by Crippen LogP contribution is -2.44. The Morgan fingerprint density at radius 2 is 2.11 bits per heavy atom. The Balaban J connectivity index is 2.13. The van der Waals surface area contributed by atoms with Gasteiger partial charge >= 0.3 is 0 Å². The van der Waals surface area contributed by atoms with Crippen molar-refractivity contribution in [3.63, 3.8) is 0 Å². The minimum atomic E-state index is 0.0368. The molecule has 2 aromatic rings. The van der Waals surface area contributed by atoms with Crippen LogP contribution >= 0.6 is 11.6 Å². The van der Waals surface area contributed by atoms with Crippen molar-refractivity contribution in [3.05, 3.63) is 23.4 Å². The largest absolute Gasteiger partial charge is 0.351 e. The predicted molar refractivity (Wildman–Crippen MR) is 74.3 cm³/mol. The number of nitrogens with zero attached hydrogens (tertiary/aromatic N) is 4. The van der Waals surface area contributed by atoms with Crippen LogP contribution in [-0.4, -0.2) is 45.7 Å². The molecule has 0 saturated heterocycles. The average Bonchev–Trinajstić information content (AvgIpc) is 2.68. The number of aromatic nitrogens is 3. The first-order chi connectivity index (χ1) is 8.38. The number of hydrogen-bond acceptors (Lipinski definition) is 4. The lowest BCUT2D eigenvalue weighted by molar-refractivity contribution is 0.210. The predicted octanol–water partition coefficient (Wildman–Crippen LogP) is 2.13. The van der Waals surface area contributed by atoms with Crippen LogP contribution in [-0.2, 0) is 0 Å². The average molecular weight is 268 g/mol. The summed E-state index contributed by atoms with van der Waals surface area (Å²) in [5.74, 6) is 0.618. The first-order valence-corrected chi connectivity index (χ1v) is 6.19. The molecule has 5 nitrogen and oxygen atoms in total. The van der Waals surface area contributed by atoms with Gasteiger partial charge in [-0.3, -0.25) is 0 Å². The molecule has 18 heavy (non-hydrogen) atoms. The van der Waals surface area contributed by atoms with Gasteiger partial charge in [0.05, 0.1) is 5.02 Å². The van der Waals surface area contributed by atoms with Crippen molar-refractivity contribution >= 4 is 23.2 Å². The van der Waals surface area contributed by atoms with Gasteiger partial charge in [0.25, 0.3) is 0 Å². The Labute approximate surface area is 112 Å². The zero-order valence-electron chi connectivity index (χ0n) is 11.1. The van der Waals surface area contributed by atoms with Crippen LogP contribution in [0, 0.1) is 0 Å². The van der Waals surface area contributed by atoms with Crippen molar-refractivity contribution in [1.82, 2.24) is 19.5 Å². The van der Waals surface area contributed by atoms with Crippen LogP contribution in [0.5, 0.6) is 0 Å². The van der Waals surface area contributed by atoms with Crippen LogP contribution in [0.3, 0.4) is 0 Å². The summed E-state index contributed by atoms with van der Waals surface area (Å²) >= 11 is 5.90. The number of halogens is 1. The van der Waals surface area contributed by atoms with E-state index in [1.807, 2.05) is 6.07 Å². The smallest absolute Gasteiger partial charge is 0.243 e. The highest BCUT2D eigenvalue weighted by Crippen LogP contribution is 2.13. The third kappa shape index (κ3) is 2.73. The fourth-order valence-corrected chi connectivity index (χ4v) is 1.54. The maximum atomic E-state index is 5.90. The summed E-state index contributed by atoms with van der Waals surface area (Å²) in [6.45, 7) is 5.09. The van der Waals surface area contributed by atoms with Crippen LogP contribution in [0.25, 0.3) is 5.65 Å². The molecule has 1 N–H and O–H groups in total. The standard InChI is InChI=1S/C12H18ClN5/c1-12(2,17(3)4)8-14-11-15-10-6-5-9(13)7-18(10)16-11/h5-7H,8H2,1-4H3,(H,14,16). The molecule has 2 aromatic heterocycles. The number of fused-ring (bicyclic) bond motifs is 1. The van der Waals surface area contributed by atoms with E-state index in [1.54, 1.807) is 16.8 Å². The van der Waals surface area contributed by atoms with Crippen LogP contribution < -0.4 is 5.32 Å². The number of nitrogens with one attached hydrogen (secondary N) is 1. The molecule has 0 atom stereocenters. The number of likely N-dealkylation sites (N-methyl/N-ethyl adjacent to an activating group) is 1. The van der Waals surface area contributed by atoms with E-state index in [2.05, 4.69) is 48.2 Å². The highest BCUT2D eigenvalue weighted by Gasteiger charge is 2.20. The molecule has 98 valence electrons. The van der Waals surface area contributed by atoms with E-state index >= 15 is 0 Å². The molecule has 6 heteroatoms. The monoisotopic (exact) mass is 267 g/mol. The molecular formula is C12H18ClN5. The molecular weight excluding hydrogens is 250 g/mol. The Hall–Kier alpha value is -1.33. The van der Waals surface area contributed by atoms with Crippen LogP contribution in [0.15, 0.2) is 18.3 Å². The molecule has 0 aliphatic rings. The van der Waals surface area contributed by atoms with Gasteiger partial charge in [-0.25, -0.2) is 4.52 Å². The first-order valence-electron chi connectivity index (χ1n) is 5.82. The maximum Gasteiger partial charge on any atom is 0.243 e. The molecule has 2 rings (SSSR count). The van der Waals surface area contributed by atoms with E-state index in [4.69, 9.17) is 11.6 Å². The zero-order valence-corrected chi connectivity index (χ0v) is 11.9. The Kier molecular flexibility index (Phi) is 3.45. The number of pyridine rings is 1. The molecule has 0 aliphatic heterocycles. The fraction of sp³-hybridized carbons (Fsp3) is 0.500. The summed E-state index contributed by atoms with van der Waals surface area (Å²) in [6.07, 6.45) is 1.74. The Bertz CT molecular complexity index is 546. The molecule has 0 aromatic carbocycles. The second kappa shape index (κ2) is 4.74. The molecule has 0 amide bonds. The summed E-state index contributed by atoms with van der Waals surface area (Å²) in [5, 5.41) is 8.22. The maximum absolute atomic E-state index is 5.90. The first kappa shape index (κ1) is 13.1. The van der Waals surface area contributed by atoms with E-state index in [1.165, 1.54) is 0 Å². The van der Waals surface area contributed by atoms with Crippen molar-refractivity contribution in [2.45, 2.75) is 19.4 Å². The molecule has 0 unspecified atom stereocenters. The van der Waals surface area contributed by atoms with Crippen LogP contribution in [0.4, 0.5) is 5.95 Å². The fourth-order valence-electron chi connectivity index (χ4n) is 1.39. The highest BCUT2D eigenvalue weighted by atomic mass is 35.5. The second-order valence-electron chi connectivity index (χ2n) is 5.15. The SMILES string of the molecule is CN(C)C(C)(C)CNc1nc2ccc(Cl)cn2n1. The van der Waals surface area contributed by atoms with Crippen LogP contribution in [0.2, 0.25) is 5.02 Å². The molecule has 0 radical (unpaired) electrons. The Morgan fingerprint density at radius 1 is 1.39 bits per heavy atom. The van der Waals surface area contributed by atoms with Gasteiger partial charge in [0, 0.05) is 18.3 Å². The van der Waals surface area contributed by atoms with Gasteiger partial charge in [-0.2, -0.15) is 4.98 Å². The summed E-state index contributed by atoms with van der Waals surface area (Å²) in [6, 6.07) is 3.65. The number of rotatable bonds is 4. The lowest BCUT2D eigenvalue weighted by atomic mass is 10.1. The molecule has 0 bridgehead atoms. The van der Waals surface area contributed by atoms with Crippen molar-refractivity contribution in [3.8, 4) is 0 Å². The van der Waals surface area contributed by atoms with Gasteiger partial charge in [0.15, 0.2) is 5.65 Å². The molecule has 2 heterocycles. The highest BCUT2D eigenvalue weighted by molar-refractivity contribution is 6.30. The van der Waals surface area contributed by atoms with Gasteiger partial charge in [0.2, 0.25) is 5.95 Å². The van der Waals surface area contributed by atoms with Gasteiger partial charge in [-0.1, -0.05) is 11.6 Å². The summed E-state index contributed by atoms with van der Waals surface area (Å²) in [4.78, 5) is 6.54. The molecule has 0 aliphatic carbocycles. The zero-order chi connectivity index (χ0) is 13.3. The van der Waals surface area contributed by atoms with Crippen molar-refractivity contribution in [2.24, 2.45) is 0 Å². The minimum Gasteiger partial charge on any atom is -0.351 e. The van der Waals surface area contributed by atoms with Crippen molar-refractivity contribution in [2.75, 3.05) is 26.0 Å². The van der Waals surface area contributed by atoms with Crippen molar-refractivity contribution < 1.29 is 0 Å². The van der Waals surface area contributed by atoms with Gasteiger partial charge in [-0.15, -0.1) is 5.10 Å². The molecule has 0 fully saturated rings. The van der Waals surface area contributed by atoms with E-state index in [0.717, 1.165) is 12.2 Å². The second-order valence-corrected chi connectivity index (χ2v) is 5.58. The third-order valence-electron chi connectivity index (χ3n) is 3.18. The minimum absolute atomic E-state index is 0.0368. The third-order valence-corrected chi connectivity index (χ3v) is 3.41. The van der Waals surface area contributed by atoms with E-state index < -0.39 is 0 Å². The van der Waals surface area contributed by atoms with Gasteiger partial charge < -0.3 is 10.2 Å². The van der Waals surface area contributed by atoms with Crippen molar-refractivity contribution in [1.29, 1.82) is 0 Å². The topological polar surface area (TPSA) is 45.5 Å². The van der Waals surface area contributed by atoms with Gasteiger partial charge in [0.1, 0.15) is 0 Å². The summed E-state index contributed by atoms with van der Waals surface area (Å²) < 4.78 is 1.67. The lowest BCUT2D eigenvalue weighted by Gasteiger charge is -2.32. The van der Waals surface area contributed by atoms with Crippen LogP contribution in [0.1, 0.15) is 13.8 Å². The Morgan fingerprint density at radius 3 is 2.78 bits per heavy atom. The normalized spacial score (nSPS) is 12.3. The van der Waals surface area contributed by atoms with E-state index in [-0.39, 0.29) is 5.54 Å².